The number of hydrogen-bond acceptors (Lipinski definition) is 4. The van der Waals surface area contributed by atoms with Crippen LogP contribution < -0.4 is 10.2 Å². The average Bonchev–Trinajstić information content (AvgIpc) is 3.39. The lowest BCUT2D eigenvalue weighted by Crippen LogP contribution is -2.48. The molecule has 2 aromatic heterocycles. The second-order valence-corrected chi connectivity index (χ2v) is 8.99. The highest BCUT2D eigenvalue weighted by Gasteiger charge is 2.31. The van der Waals surface area contributed by atoms with Crippen molar-refractivity contribution in [3.8, 4) is 0 Å². The minimum absolute atomic E-state index is 0. The van der Waals surface area contributed by atoms with Gasteiger partial charge in [-0.1, -0.05) is 37.8 Å². The Morgan fingerprint density at radius 3 is 2.76 bits per heavy atom. The number of aromatic nitrogens is 3. The molecule has 7 nitrogen and oxygen atoms in total. The molecule has 4 aromatic rings. The molecule has 1 aliphatic heterocycles. The minimum atomic E-state index is -0.631. The second-order valence-electron chi connectivity index (χ2n) is 7.93. The highest BCUT2D eigenvalue weighted by molar-refractivity contribution is 7.99. The lowest BCUT2D eigenvalue weighted by molar-refractivity contribution is -0.119. The van der Waals surface area contributed by atoms with E-state index in [1.165, 1.54) is 6.20 Å². The van der Waals surface area contributed by atoms with Crippen molar-refractivity contribution >= 4 is 40.2 Å². The summed E-state index contributed by atoms with van der Waals surface area (Å²) in [6.07, 6.45) is 5.19. The van der Waals surface area contributed by atoms with Gasteiger partial charge in [-0.25, -0.2) is 4.98 Å². The summed E-state index contributed by atoms with van der Waals surface area (Å²) in [5.74, 6) is 0.0286. The van der Waals surface area contributed by atoms with Crippen molar-refractivity contribution in [1.82, 2.24) is 19.4 Å². The van der Waals surface area contributed by atoms with Gasteiger partial charge in [-0.15, -0.1) is 11.8 Å². The third-order valence-corrected chi connectivity index (χ3v) is 6.95. The maximum atomic E-state index is 13.2. The monoisotopic (exact) mass is 461 g/mol. The van der Waals surface area contributed by atoms with Crippen LogP contribution >= 0.6 is 11.8 Å². The molecule has 1 atom stereocenters. The third-order valence-electron chi connectivity index (χ3n) is 5.81. The average molecular weight is 462 g/mol. The quantitative estimate of drug-likeness (QED) is 0.500. The Morgan fingerprint density at radius 2 is 1.97 bits per heavy atom. The number of benzene rings is 2. The number of nitrogens with zero attached hydrogens (tertiary/aromatic N) is 4. The van der Waals surface area contributed by atoms with Crippen LogP contribution in [0.3, 0.4) is 0 Å². The highest BCUT2D eigenvalue weighted by Crippen LogP contribution is 2.37. The summed E-state index contributed by atoms with van der Waals surface area (Å²) in [5.41, 5.74) is 3.48. The number of hydrogen-bond donors (Lipinski definition) is 1. The first-order chi connectivity index (χ1) is 15.5. The van der Waals surface area contributed by atoms with E-state index in [1.807, 2.05) is 55.7 Å². The summed E-state index contributed by atoms with van der Waals surface area (Å²) < 4.78 is 3.86. The standard InChI is InChI=1S/C24H23N5O2S.CH4/c1-27-9-8-17-10-20-22(11-19(17)27)32-14-18(24(31)28(20)2)26-23(30)21-12-25-15-29(21)13-16-6-4-3-5-7-16;/h3-12,15,18H,13-14H2,1-2H3,(H,26,30);1H4/t18-;/m0./s1. The van der Waals surface area contributed by atoms with Crippen molar-refractivity contribution in [2.45, 2.75) is 24.9 Å². The Hall–Kier alpha value is -3.52. The van der Waals surface area contributed by atoms with Gasteiger partial charge in [0.1, 0.15) is 11.7 Å². The van der Waals surface area contributed by atoms with Crippen LogP contribution in [-0.2, 0) is 18.4 Å². The van der Waals surface area contributed by atoms with Crippen LogP contribution in [-0.4, -0.2) is 44.8 Å². The number of nitrogens with one attached hydrogen (secondary N) is 1. The van der Waals surface area contributed by atoms with E-state index in [4.69, 9.17) is 0 Å². The fourth-order valence-electron chi connectivity index (χ4n) is 4.01. The van der Waals surface area contributed by atoms with E-state index in [1.54, 1.807) is 34.6 Å². The molecule has 0 saturated carbocycles. The number of amides is 2. The molecule has 170 valence electrons. The zero-order chi connectivity index (χ0) is 22.2. The predicted molar refractivity (Wildman–Crippen MR) is 133 cm³/mol. The van der Waals surface area contributed by atoms with E-state index in [0.29, 0.717) is 18.0 Å². The number of anilines is 1. The predicted octanol–water partition coefficient (Wildman–Crippen LogP) is 3.93. The van der Waals surface area contributed by atoms with E-state index < -0.39 is 6.04 Å². The Labute approximate surface area is 197 Å². The molecule has 33 heavy (non-hydrogen) atoms. The van der Waals surface area contributed by atoms with E-state index in [2.05, 4.69) is 20.9 Å². The highest BCUT2D eigenvalue weighted by atomic mass is 32.2. The molecule has 1 aliphatic rings. The summed E-state index contributed by atoms with van der Waals surface area (Å²) in [4.78, 5) is 33.1. The van der Waals surface area contributed by atoms with Gasteiger partial charge in [0.15, 0.2) is 0 Å². The van der Waals surface area contributed by atoms with Crippen molar-refractivity contribution in [2.24, 2.45) is 7.05 Å². The molecular formula is C25H27N5O2S. The van der Waals surface area contributed by atoms with Gasteiger partial charge in [0, 0.05) is 48.4 Å². The number of thioether (sulfide) groups is 1. The van der Waals surface area contributed by atoms with Crippen LogP contribution in [0.5, 0.6) is 0 Å². The van der Waals surface area contributed by atoms with Gasteiger partial charge in [-0.3, -0.25) is 9.59 Å². The van der Waals surface area contributed by atoms with Crippen LogP contribution in [0, 0.1) is 0 Å². The third kappa shape index (κ3) is 4.26. The number of carbonyl (C=O) groups excluding carboxylic acids is 2. The Balaban J connectivity index is 0.00000259. The van der Waals surface area contributed by atoms with E-state index >= 15 is 0 Å². The molecule has 2 aromatic carbocycles. The van der Waals surface area contributed by atoms with Gasteiger partial charge in [-0.2, -0.15) is 0 Å². The van der Waals surface area contributed by atoms with Crippen LogP contribution in [0.25, 0.3) is 10.9 Å². The molecule has 5 rings (SSSR count). The van der Waals surface area contributed by atoms with Gasteiger partial charge in [0.25, 0.3) is 5.91 Å². The van der Waals surface area contributed by atoms with Gasteiger partial charge >= 0.3 is 0 Å². The lowest BCUT2D eigenvalue weighted by Gasteiger charge is -2.22. The number of imidazole rings is 1. The molecule has 0 bridgehead atoms. The Morgan fingerprint density at radius 1 is 1.18 bits per heavy atom. The van der Waals surface area contributed by atoms with Gasteiger partial charge in [0.05, 0.1) is 18.2 Å². The number of likely N-dealkylation sites (N-methyl/N-ethyl adjacent to an activating group) is 1. The van der Waals surface area contributed by atoms with Gasteiger partial charge in [0.2, 0.25) is 5.91 Å². The molecule has 1 N–H and O–H groups in total. The number of fused-ring (bicyclic) bond motifs is 2. The van der Waals surface area contributed by atoms with E-state index in [-0.39, 0.29) is 19.2 Å². The smallest absolute Gasteiger partial charge is 0.270 e. The molecule has 3 heterocycles. The maximum Gasteiger partial charge on any atom is 0.270 e. The molecule has 0 fully saturated rings. The van der Waals surface area contributed by atoms with Crippen LogP contribution in [0.15, 0.2) is 72.1 Å². The molecule has 2 amide bonds. The van der Waals surface area contributed by atoms with Crippen LogP contribution in [0.1, 0.15) is 23.5 Å². The van der Waals surface area contributed by atoms with Crippen molar-refractivity contribution in [1.29, 1.82) is 0 Å². The first-order valence-corrected chi connectivity index (χ1v) is 11.3. The Kier molecular flexibility index (Phi) is 6.29. The van der Waals surface area contributed by atoms with Crippen molar-refractivity contribution < 1.29 is 9.59 Å². The zero-order valence-corrected chi connectivity index (χ0v) is 18.7. The number of carbonyl (C=O) groups is 2. The van der Waals surface area contributed by atoms with Crippen LogP contribution in [0.2, 0.25) is 0 Å². The molecule has 0 spiro atoms. The summed E-state index contributed by atoms with van der Waals surface area (Å²) in [6, 6.07) is 15.4. The second kappa shape index (κ2) is 9.15. The topological polar surface area (TPSA) is 72.2 Å². The molecular weight excluding hydrogens is 434 g/mol. The fourth-order valence-corrected chi connectivity index (χ4v) is 5.12. The van der Waals surface area contributed by atoms with Crippen molar-refractivity contribution in [3.63, 3.8) is 0 Å². The number of aryl methyl sites for hydroxylation is 1. The van der Waals surface area contributed by atoms with Crippen molar-refractivity contribution in [3.05, 3.63) is 78.5 Å². The van der Waals surface area contributed by atoms with Crippen molar-refractivity contribution in [2.75, 3.05) is 17.7 Å². The zero-order valence-electron chi connectivity index (χ0n) is 17.9. The molecule has 0 saturated heterocycles. The Bertz CT molecular complexity index is 1310. The normalized spacial score (nSPS) is 15.6. The molecule has 0 aliphatic carbocycles. The molecule has 0 unspecified atom stereocenters. The summed E-state index contributed by atoms with van der Waals surface area (Å²) in [5, 5.41) is 4.01. The SMILES string of the molecule is C.CN1C(=O)[C@@H](NC(=O)c2cncn2Cc2ccccc2)CSc2cc3c(ccn3C)cc21. The first-order valence-electron chi connectivity index (χ1n) is 10.4. The lowest BCUT2D eigenvalue weighted by atomic mass is 10.2. The maximum absolute atomic E-state index is 13.2. The van der Waals surface area contributed by atoms with Gasteiger partial charge < -0.3 is 19.4 Å². The summed E-state index contributed by atoms with van der Waals surface area (Å²) in [7, 11) is 3.77. The molecule has 0 radical (unpaired) electrons. The van der Waals surface area contributed by atoms with Gasteiger partial charge in [-0.05, 0) is 23.8 Å². The largest absolute Gasteiger partial charge is 0.351 e. The number of rotatable bonds is 4. The van der Waals surface area contributed by atoms with E-state index in [0.717, 1.165) is 27.0 Å². The summed E-state index contributed by atoms with van der Waals surface area (Å²) >= 11 is 1.59. The minimum Gasteiger partial charge on any atom is -0.351 e. The van der Waals surface area contributed by atoms with Crippen LogP contribution in [0.4, 0.5) is 5.69 Å². The summed E-state index contributed by atoms with van der Waals surface area (Å²) in [6.45, 7) is 0.537. The fraction of sp³-hybridized carbons (Fsp3) is 0.240. The van der Waals surface area contributed by atoms with E-state index in [9.17, 15) is 9.59 Å². The molecule has 8 heteroatoms. The first kappa shape index (κ1) is 22.7.